The van der Waals surface area contributed by atoms with E-state index in [4.69, 9.17) is 9.84 Å². The number of esters is 1. The van der Waals surface area contributed by atoms with Crippen molar-refractivity contribution in [3.8, 4) is 17.1 Å². The SMILES string of the molecule is CCOC(=O)c1cn(-c2ccc(-c3cc4ccccc4[nH]3)nc2)nc1N(C(=O)C1CCC(C)CC1)C(C)C. The summed E-state index contributed by atoms with van der Waals surface area (Å²) in [5.41, 5.74) is 3.73. The van der Waals surface area contributed by atoms with E-state index in [0.29, 0.717) is 17.4 Å². The van der Waals surface area contributed by atoms with Gasteiger partial charge in [-0.3, -0.25) is 14.7 Å². The Bertz CT molecular complexity index is 1390. The molecular formula is C30H35N5O3. The van der Waals surface area contributed by atoms with Crippen molar-refractivity contribution in [2.75, 3.05) is 11.5 Å². The standard InChI is InChI=1S/C30H35N5O3/c1-5-38-30(37)24-18-34(33-28(24)35(19(2)3)29(36)21-12-10-20(4)11-13-21)23-14-15-26(31-17-23)27-16-22-8-6-7-9-25(22)32-27/h6-9,14-21,32H,5,10-13H2,1-4H3. The Kier molecular flexibility index (Phi) is 7.31. The number of anilines is 1. The molecule has 198 valence electrons. The summed E-state index contributed by atoms with van der Waals surface area (Å²) in [5, 5.41) is 5.87. The van der Waals surface area contributed by atoms with Gasteiger partial charge in [0.25, 0.3) is 0 Å². The molecule has 1 amide bonds. The Labute approximate surface area is 223 Å². The number of aromatic amines is 1. The molecule has 3 heterocycles. The normalized spacial score (nSPS) is 17.6. The highest BCUT2D eigenvalue weighted by Crippen LogP contribution is 2.33. The van der Waals surface area contributed by atoms with Gasteiger partial charge in [-0.2, -0.15) is 0 Å². The lowest BCUT2D eigenvalue weighted by atomic mass is 9.82. The molecular weight excluding hydrogens is 478 g/mol. The van der Waals surface area contributed by atoms with E-state index in [2.05, 4.69) is 29.0 Å². The van der Waals surface area contributed by atoms with Gasteiger partial charge in [0.2, 0.25) is 5.91 Å². The second kappa shape index (κ2) is 10.8. The van der Waals surface area contributed by atoms with Crippen molar-refractivity contribution >= 4 is 28.6 Å². The monoisotopic (exact) mass is 513 g/mol. The van der Waals surface area contributed by atoms with Crippen LogP contribution in [0.2, 0.25) is 0 Å². The Hall–Kier alpha value is -3.94. The Morgan fingerprint density at radius 1 is 1.13 bits per heavy atom. The molecule has 0 saturated heterocycles. The summed E-state index contributed by atoms with van der Waals surface area (Å²) >= 11 is 0. The van der Waals surface area contributed by atoms with Gasteiger partial charge in [0.05, 0.1) is 29.9 Å². The summed E-state index contributed by atoms with van der Waals surface area (Å²) in [7, 11) is 0. The summed E-state index contributed by atoms with van der Waals surface area (Å²) < 4.78 is 6.95. The number of carbonyl (C=O) groups excluding carboxylic acids is 2. The molecule has 1 aromatic carbocycles. The Balaban J connectivity index is 1.48. The molecule has 1 saturated carbocycles. The average molecular weight is 514 g/mol. The zero-order chi connectivity index (χ0) is 26.8. The topological polar surface area (TPSA) is 93.1 Å². The molecule has 8 nitrogen and oxygen atoms in total. The fraction of sp³-hybridized carbons (Fsp3) is 0.400. The zero-order valence-corrected chi connectivity index (χ0v) is 22.5. The molecule has 0 atom stereocenters. The average Bonchev–Trinajstić information content (AvgIpc) is 3.54. The number of nitrogens with one attached hydrogen (secondary N) is 1. The Morgan fingerprint density at radius 2 is 1.89 bits per heavy atom. The second-order valence-corrected chi connectivity index (χ2v) is 10.5. The molecule has 1 N–H and O–H groups in total. The number of fused-ring (bicyclic) bond motifs is 1. The highest BCUT2D eigenvalue weighted by atomic mass is 16.5. The van der Waals surface area contributed by atoms with E-state index in [1.165, 1.54) is 0 Å². The predicted octanol–water partition coefficient (Wildman–Crippen LogP) is 6.16. The van der Waals surface area contributed by atoms with Crippen LogP contribution in [-0.2, 0) is 9.53 Å². The lowest BCUT2D eigenvalue weighted by molar-refractivity contribution is -0.124. The number of benzene rings is 1. The Morgan fingerprint density at radius 3 is 2.55 bits per heavy atom. The molecule has 8 heteroatoms. The van der Waals surface area contributed by atoms with Crippen LogP contribution in [0.25, 0.3) is 28.0 Å². The quantitative estimate of drug-likeness (QED) is 0.299. The van der Waals surface area contributed by atoms with Crippen LogP contribution < -0.4 is 4.90 Å². The van der Waals surface area contributed by atoms with Crippen LogP contribution in [0.1, 0.15) is 63.7 Å². The summed E-state index contributed by atoms with van der Waals surface area (Å²) in [5.74, 6) is 0.440. The summed E-state index contributed by atoms with van der Waals surface area (Å²) in [6.45, 7) is 8.14. The summed E-state index contributed by atoms with van der Waals surface area (Å²) in [6.07, 6.45) is 7.15. The number of nitrogens with zero attached hydrogens (tertiary/aromatic N) is 4. The van der Waals surface area contributed by atoms with Crippen molar-refractivity contribution in [3.63, 3.8) is 0 Å². The van der Waals surface area contributed by atoms with Crippen molar-refractivity contribution in [2.45, 2.75) is 59.4 Å². The molecule has 0 aliphatic heterocycles. The fourth-order valence-electron chi connectivity index (χ4n) is 5.23. The summed E-state index contributed by atoms with van der Waals surface area (Å²) in [4.78, 5) is 36.4. The number of H-pyrrole nitrogens is 1. The highest BCUT2D eigenvalue weighted by Gasteiger charge is 2.34. The van der Waals surface area contributed by atoms with Crippen LogP contribution in [-0.4, -0.2) is 44.3 Å². The minimum atomic E-state index is -0.493. The predicted molar refractivity (Wildman–Crippen MR) is 148 cm³/mol. The first-order valence-electron chi connectivity index (χ1n) is 13.5. The summed E-state index contributed by atoms with van der Waals surface area (Å²) in [6, 6.07) is 13.8. The van der Waals surface area contributed by atoms with Crippen molar-refractivity contribution in [1.82, 2.24) is 19.7 Å². The lowest BCUT2D eigenvalue weighted by Gasteiger charge is -2.32. The number of para-hydroxylation sites is 1. The van der Waals surface area contributed by atoms with Gasteiger partial charge in [-0.05, 0) is 76.6 Å². The molecule has 0 spiro atoms. The van der Waals surface area contributed by atoms with Gasteiger partial charge in [0, 0.05) is 29.1 Å². The molecule has 0 radical (unpaired) electrons. The second-order valence-electron chi connectivity index (χ2n) is 10.5. The van der Waals surface area contributed by atoms with Gasteiger partial charge >= 0.3 is 5.97 Å². The number of ether oxygens (including phenoxy) is 1. The van der Waals surface area contributed by atoms with E-state index < -0.39 is 5.97 Å². The van der Waals surface area contributed by atoms with Crippen molar-refractivity contribution < 1.29 is 14.3 Å². The van der Waals surface area contributed by atoms with E-state index >= 15 is 0 Å². The third-order valence-electron chi connectivity index (χ3n) is 7.36. The molecule has 5 rings (SSSR count). The molecule has 0 unspecified atom stereocenters. The molecule has 0 bridgehead atoms. The van der Waals surface area contributed by atoms with Crippen molar-refractivity contribution in [2.24, 2.45) is 11.8 Å². The first kappa shape index (κ1) is 25.7. The van der Waals surface area contributed by atoms with E-state index in [1.807, 2.05) is 44.2 Å². The number of aromatic nitrogens is 4. The van der Waals surface area contributed by atoms with Gasteiger partial charge < -0.3 is 9.72 Å². The fourth-order valence-corrected chi connectivity index (χ4v) is 5.23. The highest BCUT2D eigenvalue weighted by molar-refractivity contribution is 6.02. The molecule has 3 aromatic heterocycles. The van der Waals surface area contributed by atoms with E-state index in [9.17, 15) is 9.59 Å². The number of carbonyl (C=O) groups is 2. The van der Waals surface area contributed by atoms with Crippen LogP contribution in [0, 0.1) is 11.8 Å². The number of amides is 1. The van der Waals surface area contributed by atoms with Crippen molar-refractivity contribution in [1.29, 1.82) is 0 Å². The number of hydrogen-bond donors (Lipinski definition) is 1. The largest absolute Gasteiger partial charge is 0.462 e. The van der Waals surface area contributed by atoms with Crippen LogP contribution in [0.3, 0.4) is 0 Å². The molecule has 1 fully saturated rings. The lowest BCUT2D eigenvalue weighted by Crippen LogP contribution is -2.43. The van der Waals surface area contributed by atoms with Gasteiger partial charge in [0.15, 0.2) is 5.82 Å². The van der Waals surface area contributed by atoms with Gasteiger partial charge in [0.1, 0.15) is 5.56 Å². The van der Waals surface area contributed by atoms with Crippen LogP contribution in [0.5, 0.6) is 0 Å². The number of rotatable bonds is 7. The maximum absolute atomic E-state index is 13.7. The molecule has 4 aromatic rings. The zero-order valence-electron chi connectivity index (χ0n) is 22.5. The van der Waals surface area contributed by atoms with Crippen LogP contribution in [0.15, 0.2) is 54.9 Å². The van der Waals surface area contributed by atoms with Gasteiger partial charge in [-0.15, -0.1) is 5.10 Å². The maximum atomic E-state index is 13.7. The van der Waals surface area contributed by atoms with Gasteiger partial charge in [-0.1, -0.05) is 25.1 Å². The van der Waals surface area contributed by atoms with Gasteiger partial charge in [-0.25, -0.2) is 9.48 Å². The smallest absolute Gasteiger partial charge is 0.343 e. The maximum Gasteiger partial charge on any atom is 0.343 e. The first-order chi connectivity index (χ1) is 18.4. The number of hydrogen-bond acceptors (Lipinski definition) is 5. The third-order valence-corrected chi connectivity index (χ3v) is 7.36. The molecule has 1 aliphatic carbocycles. The van der Waals surface area contributed by atoms with Crippen LogP contribution >= 0.6 is 0 Å². The van der Waals surface area contributed by atoms with Crippen LogP contribution in [0.4, 0.5) is 5.82 Å². The minimum absolute atomic E-state index is 0.0231. The first-order valence-corrected chi connectivity index (χ1v) is 13.5. The van der Waals surface area contributed by atoms with E-state index in [0.717, 1.165) is 48.0 Å². The van der Waals surface area contributed by atoms with Crippen molar-refractivity contribution in [3.05, 3.63) is 60.4 Å². The van der Waals surface area contributed by atoms with E-state index in [1.54, 1.807) is 28.9 Å². The van der Waals surface area contributed by atoms with E-state index in [-0.39, 0.29) is 30.0 Å². The minimum Gasteiger partial charge on any atom is -0.462 e. The number of pyridine rings is 1. The third kappa shape index (κ3) is 5.08. The molecule has 1 aliphatic rings. The molecule has 38 heavy (non-hydrogen) atoms.